The Hall–Kier alpha value is -7.12. The number of thiophene rings is 1. The SMILES string of the molecule is CC(C)C1=C(Br)C=NC1.CC(C)c1cccn1C.CC(C)c1ccnn1C.CC(C)c1ccoc1.CC(C)c1ccsc1.CC(C)c1cnn(C)c1.CCOC(=O)C1=C(C(C)C)CC(=O)N1.CCn1ccc(C(C)C)n1.CCn1nccc1C(C)C.Cc1cc(C(C)C)n(C)n1. The Morgan fingerprint density at radius 2 is 1.22 bits per heavy atom. The smallest absolute Gasteiger partial charge is 0.354 e. The van der Waals surface area contributed by atoms with Gasteiger partial charge in [0.1, 0.15) is 5.70 Å². The molecule has 0 radical (unpaired) electrons. The molecule has 8 aromatic heterocycles. The lowest BCUT2D eigenvalue weighted by Crippen LogP contribution is -2.22. The molecule has 0 atom stereocenters. The summed E-state index contributed by atoms with van der Waals surface area (Å²) in [5.74, 6) is 5.08. The van der Waals surface area contributed by atoms with Crippen molar-refractivity contribution in [2.24, 2.45) is 45.0 Å². The van der Waals surface area contributed by atoms with Crippen LogP contribution in [0.15, 0.2) is 140 Å². The van der Waals surface area contributed by atoms with E-state index in [9.17, 15) is 9.59 Å². The number of ether oxygens (including phenoxy) is 1. The minimum Gasteiger partial charge on any atom is -0.472 e. The van der Waals surface area contributed by atoms with E-state index in [4.69, 9.17) is 9.15 Å². The summed E-state index contributed by atoms with van der Waals surface area (Å²) in [6.45, 7) is 54.2. The zero-order valence-corrected chi connectivity index (χ0v) is 66.5. The van der Waals surface area contributed by atoms with Crippen molar-refractivity contribution < 1.29 is 18.7 Å². The summed E-state index contributed by atoms with van der Waals surface area (Å²) in [5, 5.41) is 27.7. The summed E-state index contributed by atoms with van der Waals surface area (Å²) in [5.41, 5.74) is 14.2. The van der Waals surface area contributed by atoms with Gasteiger partial charge in [-0.2, -0.15) is 36.8 Å². The maximum atomic E-state index is 11.4. The molecule has 0 saturated carbocycles. The van der Waals surface area contributed by atoms with Gasteiger partial charge in [0, 0.05) is 106 Å². The Morgan fingerprint density at radius 3 is 1.51 bits per heavy atom. The van der Waals surface area contributed by atoms with Crippen LogP contribution in [-0.2, 0) is 55.6 Å². The number of hydrogen-bond donors (Lipinski definition) is 1. The number of nitrogens with zero attached hydrogens (tertiary/aromatic N) is 12. The van der Waals surface area contributed by atoms with Gasteiger partial charge in [-0.25, -0.2) is 4.79 Å². The average Bonchev–Trinajstić information content (AvgIpc) is 1.79. The number of halogens is 1. The molecular formula is C77H124BrN13O4S. The summed E-state index contributed by atoms with van der Waals surface area (Å²) in [7, 11) is 7.97. The second kappa shape index (κ2) is 46.2. The van der Waals surface area contributed by atoms with E-state index in [0.29, 0.717) is 72.0 Å². The van der Waals surface area contributed by atoms with E-state index in [1.807, 2.05) is 115 Å². The van der Waals surface area contributed by atoms with Gasteiger partial charge in [0.05, 0.1) is 49.7 Å². The highest BCUT2D eigenvalue weighted by Gasteiger charge is 2.28. The third kappa shape index (κ3) is 32.7. The lowest BCUT2D eigenvalue weighted by atomic mass is 10.0. The fourth-order valence-corrected chi connectivity index (χ4v) is 10.9. The first-order chi connectivity index (χ1) is 45.1. The van der Waals surface area contributed by atoms with Gasteiger partial charge in [-0.1, -0.05) is 138 Å². The molecule has 1 N–H and O–H groups in total. The van der Waals surface area contributed by atoms with Crippen LogP contribution in [0, 0.1) is 18.8 Å². The molecular weight excluding hydrogens is 1280 g/mol. The number of carbonyl (C=O) groups excluding carboxylic acids is 2. The lowest BCUT2D eigenvalue weighted by Gasteiger charge is -2.08. The number of allylic oxidation sites excluding steroid dienone is 1. The number of furan rings is 1. The number of aryl methyl sites for hydroxylation is 7. The Kier molecular flexibility index (Phi) is 41.8. The van der Waals surface area contributed by atoms with E-state index in [2.05, 4.69) is 255 Å². The van der Waals surface area contributed by atoms with Crippen LogP contribution in [0.1, 0.15) is 264 Å². The number of rotatable bonds is 14. The van der Waals surface area contributed by atoms with Crippen molar-refractivity contribution in [3.63, 3.8) is 0 Å². The van der Waals surface area contributed by atoms with Crippen molar-refractivity contribution in [1.82, 2.24) is 58.8 Å². The van der Waals surface area contributed by atoms with Gasteiger partial charge in [-0.05, 0) is 190 Å². The van der Waals surface area contributed by atoms with E-state index in [1.54, 1.807) is 30.8 Å². The van der Waals surface area contributed by atoms with Crippen LogP contribution in [0.2, 0.25) is 0 Å². The second-order valence-electron chi connectivity index (χ2n) is 26.7. The first-order valence-electron chi connectivity index (χ1n) is 34.4. The van der Waals surface area contributed by atoms with Crippen molar-refractivity contribution in [3.05, 3.63) is 181 Å². The highest BCUT2D eigenvalue weighted by Crippen LogP contribution is 2.25. The van der Waals surface area contributed by atoms with Crippen LogP contribution in [0.25, 0.3) is 0 Å². The van der Waals surface area contributed by atoms with Gasteiger partial charge in [-0.3, -0.25) is 33.2 Å². The molecule has 0 unspecified atom stereocenters. The van der Waals surface area contributed by atoms with Gasteiger partial charge in [0.25, 0.3) is 0 Å². The van der Waals surface area contributed by atoms with Crippen LogP contribution in [0.3, 0.4) is 0 Å². The summed E-state index contributed by atoms with van der Waals surface area (Å²) >= 11 is 5.20. The Morgan fingerprint density at radius 1 is 0.625 bits per heavy atom. The molecule has 8 aromatic rings. The maximum Gasteiger partial charge on any atom is 0.354 e. The van der Waals surface area contributed by atoms with Gasteiger partial charge in [0.2, 0.25) is 5.91 Å². The van der Waals surface area contributed by atoms with E-state index in [1.165, 1.54) is 55.2 Å². The Balaban J connectivity index is 0.000000535. The molecule has 0 saturated heterocycles. The number of esters is 1. The predicted molar refractivity (Wildman–Crippen MR) is 407 cm³/mol. The average molecular weight is 1410 g/mol. The largest absolute Gasteiger partial charge is 0.472 e. The molecule has 0 bridgehead atoms. The third-order valence-electron chi connectivity index (χ3n) is 15.3. The zero-order valence-electron chi connectivity index (χ0n) is 64.1. The molecule has 0 aliphatic carbocycles. The number of hydrogen-bond acceptors (Lipinski definition) is 11. The van der Waals surface area contributed by atoms with Gasteiger partial charge < -0.3 is 19.0 Å². The fourth-order valence-electron chi connectivity index (χ4n) is 9.34. The molecule has 17 nitrogen and oxygen atoms in total. The van der Waals surface area contributed by atoms with Crippen molar-refractivity contribution in [1.29, 1.82) is 0 Å². The molecule has 0 fully saturated rings. The van der Waals surface area contributed by atoms with E-state index in [0.717, 1.165) is 30.9 Å². The molecule has 2 aliphatic heterocycles. The van der Waals surface area contributed by atoms with Crippen molar-refractivity contribution in [2.75, 3.05) is 13.2 Å². The minimum absolute atomic E-state index is 0.128. The van der Waals surface area contributed by atoms with Crippen molar-refractivity contribution >= 4 is 45.4 Å². The molecule has 10 rings (SSSR count). The number of aromatic nitrogens is 11. The first-order valence-corrected chi connectivity index (χ1v) is 36.1. The van der Waals surface area contributed by atoms with E-state index >= 15 is 0 Å². The number of amides is 1. The maximum absolute atomic E-state index is 11.4. The van der Waals surface area contributed by atoms with E-state index < -0.39 is 5.97 Å². The number of aliphatic imine (C=N–C) groups is 1. The van der Waals surface area contributed by atoms with Crippen molar-refractivity contribution in [3.8, 4) is 0 Å². The fraction of sp³-hybridized carbons (Fsp3) is 0.558. The predicted octanol–water partition coefficient (Wildman–Crippen LogP) is 19.8. The summed E-state index contributed by atoms with van der Waals surface area (Å²) in [6.07, 6.45) is 17.4. The molecule has 534 valence electrons. The Labute approximate surface area is 591 Å². The van der Waals surface area contributed by atoms with Crippen molar-refractivity contribution in [2.45, 2.75) is 233 Å². The van der Waals surface area contributed by atoms with Crippen LogP contribution < -0.4 is 5.32 Å². The molecule has 0 spiro atoms. The third-order valence-corrected chi connectivity index (χ3v) is 16.7. The topological polar surface area (TPSA) is 175 Å². The standard InChI is InChI=1S/C10H15NO3.3C8H14N2.C8H13N.C7H10BrN.2C7H12N2.C7H10O.C7H10S/c1-4-14-10(13)9-7(6(2)3)5-8(12)11-9;1-6(2)8-5-7(3)9-10(8)4;1-4-10-6-5-8(9-10)7(2)3;1-4-10-8(7(2)3)5-6-9-10;1-7(2)8-5-4-6-9(8)3;1-5(2)6-3-9-4-7(6)8;1-6(2)7-4-8-9(3)5-7;1-6(2)7-4-5-8-9(7)3;2*1-6(2)7-3-4-8-5-7/h6H,4-5H2,1-3H3,(H,11,12);5-6H,1-4H3;2*5-7H,4H2,1-3H3;4-7H,1-3H3;4-5H,3H2,1-2H3;2*4-6H,1-3H3;2*3-6H,1-2H3. The monoisotopic (exact) mass is 1410 g/mol. The second-order valence-corrected chi connectivity index (χ2v) is 28.4. The first kappa shape index (κ1) is 86.9. The highest BCUT2D eigenvalue weighted by atomic mass is 79.9. The number of nitrogens with one attached hydrogen (secondary N) is 1. The zero-order chi connectivity index (χ0) is 72.9. The number of carbonyl (C=O) groups is 2. The Bertz CT molecular complexity index is 3360. The van der Waals surface area contributed by atoms with E-state index in [-0.39, 0.29) is 11.8 Å². The van der Waals surface area contributed by atoms with Gasteiger partial charge >= 0.3 is 5.97 Å². The molecule has 0 aromatic carbocycles. The summed E-state index contributed by atoms with van der Waals surface area (Å²) in [6, 6.07) is 16.7. The van der Waals surface area contributed by atoms with Crippen LogP contribution in [-0.4, -0.2) is 84.7 Å². The molecule has 1 amide bonds. The summed E-state index contributed by atoms with van der Waals surface area (Å²) in [4.78, 5) is 26.6. The molecule has 10 heterocycles. The van der Waals surface area contributed by atoms with Gasteiger partial charge in [0.15, 0.2) is 0 Å². The van der Waals surface area contributed by atoms with Crippen LogP contribution in [0.4, 0.5) is 0 Å². The highest BCUT2D eigenvalue weighted by molar-refractivity contribution is 9.12. The minimum atomic E-state index is -0.429. The normalized spacial score (nSPS) is 12.2. The quantitative estimate of drug-likeness (QED) is 0.104. The van der Waals surface area contributed by atoms with Crippen LogP contribution >= 0.6 is 27.3 Å². The molecule has 19 heteroatoms. The molecule has 2 aliphatic rings. The molecule has 96 heavy (non-hydrogen) atoms. The van der Waals surface area contributed by atoms with Gasteiger partial charge in [-0.15, -0.1) is 0 Å². The lowest BCUT2D eigenvalue weighted by molar-refractivity contribution is -0.139. The van der Waals surface area contributed by atoms with Crippen LogP contribution in [0.5, 0.6) is 0 Å². The summed E-state index contributed by atoms with van der Waals surface area (Å²) < 4.78 is 22.7.